The molecule has 2 aromatic heterocycles. The lowest BCUT2D eigenvalue weighted by Crippen LogP contribution is -2.38. The number of nitrogens with one attached hydrogen (secondary N) is 2. The van der Waals surface area contributed by atoms with Gasteiger partial charge in [-0.25, -0.2) is 4.98 Å². The molecule has 0 radical (unpaired) electrons. The van der Waals surface area contributed by atoms with Crippen LogP contribution in [0.1, 0.15) is 55.1 Å². The normalized spacial score (nSPS) is 13.3. The maximum atomic E-state index is 4.72. The van der Waals surface area contributed by atoms with Crippen molar-refractivity contribution in [1.82, 2.24) is 15.6 Å². The van der Waals surface area contributed by atoms with Crippen LogP contribution in [0.25, 0.3) is 0 Å². The van der Waals surface area contributed by atoms with Gasteiger partial charge in [0.05, 0.1) is 17.2 Å². The summed E-state index contributed by atoms with van der Waals surface area (Å²) < 4.78 is 0. The number of aromatic nitrogens is 1. The molecule has 0 fully saturated rings. The van der Waals surface area contributed by atoms with Crippen molar-refractivity contribution in [3.8, 4) is 0 Å². The van der Waals surface area contributed by atoms with Gasteiger partial charge in [0.25, 0.3) is 0 Å². The van der Waals surface area contributed by atoms with Gasteiger partial charge in [0.1, 0.15) is 0 Å². The van der Waals surface area contributed by atoms with Crippen molar-refractivity contribution in [2.45, 2.75) is 46.0 Å². The largest absolute Gasteiger partial charge is 0.357 e. The van der Waals surface area contributed by atoms with E-state index in [4.69, 9.17) is 4.99 Å². The molecule has 132 valence electrons. The van der Waals surface area contributed by atoms with Crippen LogP contribution in [-0.4, -0.2) is 30.6 Å². The topological polar surface area (TPSA) is 49.3 Å². The standard InChI is InChI=1S/C18H28N4S2/c1-5-19-18(21-11-14(4)16-7-6-10-23-16)20-9-8-15-12-24-17(22-15)13(2)3/h6-7,10,12-14H,5,8-9,11H2,1-4H3,(H2,19,20,21). The number of guanidine groups is 1. The lowest BCUT2D eigenvalue weighted by molar-refractivity contribution is 0.749. The molecule has 0 aliphatic carbocycles. The summed E-state index contributed by atoms with van der Waals surface area (Å²) in [6.07, 6.45) is 0.925. The molecule has 0 aromatic carbocycles. The van der Waals surface area contributed by atoms with Gasteiger partial charge in [-0.05, 0) is 18.4 Å². The third-order valence-corrected chi connectivity index (χ3v) is 5.93. The van der Waals surface area contributed by atoms with E-state index in [0.717, 1.165) is 32.0 Å². The zero-order chi connectivity index (χ0) is 17.4. The zero-order valence-electron chi connectivity index (χ0n) is 15.0. The van der Waals surface area contributed by atoms with Crippen molar-refractivity contribution in [3.05, 3.63) is 38.5 Å². The molecular formula is C18H28N4S2. The van der Waals surface area contributed by atoms with Gasteiger partial charge in [0, 0.05) is 41.6 Å². The first-order valence-electron chi connectivity index (χ1n) is 8.60. The van der Waals surface area contributed by atoms with E-state index in [2.05, 4.69) is 66.2 Å². The molecule has 6 heteroatoms. The molecule has 1 unspecified atom stereocenters. The van der Waals surface area contributed by atoms with E-state index in [1.165, 1.54) is 15.6 Å². The highest BCUT2D eigenvalue weighted by Gasteiger charge is 2.08. The fourth-order valence-corrected chi connectivity index (χ4v) is 3.89. The molecule has 2 aromatic rings. The second-order valence-corrected chi connectivity index (χ2v) is 8.01. The van der Waals surface area contributed by atoms with Gasteiger partial charge in [0.15, 0.2) is 5.96 Å². The maximum absolute atomic E-state index is 4.72. The molecule has 2 heterocycles. The summed E-state index contributed by atoms with van der Waals surface area (Å²) >= 11 is 3.55. The van der Waals surface area contributed by atoms with Crippen LogP contribution in [0.3, 0.4) is 0 Å². The van der Waals surface area contributed by atoms with Crippen LogP contribution in [0, 0.1) is 0 Å². The summed E-state index contributed by atoms with van der Waals surface area (Å²) in [5.41, 5.74) is 1.17. The number of aliphatic imine (C=N–C) groups is 1. The van der Waals surface area contributed by atoms with E-state index in [1.807, 2.05) is 0 Å². The summed E-state index contributed by atoms with van der Waals surface area (Å²) in [7, 11) is 0. The predicted molar refractivity (Wildman–Crippen MR) is 107 cm³/mol. The van der Waals surface area contributed by atoms with Gasteiger partial charge in [0.2, 0.25) is 0 Å². The highest BCUT2D eigenvalue weighted by Crippen LogP contribution is 2.21. The third-order valence-electron chi connectivity index (χ3n) is 3.63. The average molecular weight is 365 g/mol. The molecule has 2 N–H and O–H groups in total. The summed E-state index contributed by atoms with van der Waals surface area (Å²) in [6, 6.07) is 4.28. The van der Waals surface area contributed by atoms with Crippen LogP contribution >= 0.6 is 22.7 Å². The molecule has 0 amide bonds. The Morgan fingerprint density at radius 2 is 2.08 bits per heavy atom. The van der Waals surface area contributed by atoms with Crippen LogP contribution in [0.5, 0.6) is 0 Å². The molecule has 0 aliphatic rings. The Morgan fingerprint density at radius 3 is 2.71 bits per heavy atom. The molecule has 1 atom stereocenters. The highest BCUT2D eigenvalue weighted by atomic mass is 32.1. The summed E-state index contributed by atoms with van der Waals surface area (Å²) in [5.74, 6) is 1.85. The van der Waals surface area contributed by atoms with Crippen molar-refractivity contribution in [3.63, 3.8) is 0 Å². The van der Waals surface area contributed by atoms with Gasteiger partial charge in [-0.1, -0.05) is 26.8 Å². The van der Waals surface area contributed by atoms with Crippen molar-refractivity contribution < 1.29 is 0 Å². The first-order valence-corrected chi connectivity index (χ1v) is 10.4. The van der Waals surface area contributed by atoms with E-state index in [-0.39, 0.29) is 0 Å². The van der Waals surface area contributed by atoms with Gasteiger partial charge in [-0.3, -0.25) is 4.99 Å². The Hall–Kier alpha value is -1.40. The number of thiazole rings is 1. The highest BCUT2D eigenvalue weighted by molar-refractivity contribution is 7.10. The molecule has 4 nitrogen and oxygen atoms in total. The Bertz CT molecular complexity index is 617. The molecule has 24 heavy (non-hydrogen) atoms. The van der Waals surface area contributed by atoms with Crippen molar-refractivity contribution in [2.24, 2.45) is 4.99 Å². The quantitative estimate of drug-likeness (QED) is 0.544. The first-order chi connectivity index (χ1) is 11.6. The Balaban J connectivity index is 1.82. The van der Waals surface area contributed by atoms with Gasteiger partial charge < -0.3 is 10.6 Å². The first kappa shape index (κ1) is 18.9. The Kier molecular flexibility index (Phi) is 7.72. The molecule has 0 spiro atoms. The molecule has 0 bridgehead atoms. The minimum absolute atomic E-state index is 0.451. The average Bonchev–Trinajstić information content (AvgIpc) is 3.23. The molecule has 0 saturated carbocycles. The molecule has 0 aliphatic heterocycles. The van der Waals surface area contributed by atoms with Crippen LogP contribution in [-0.2, 0) is 6.42 Å². The maximum Gasteiger partial charge on any atom is 0.191 e. The lowest BCUT2D eigenvalue weighted by atomic mass is 10.1. The second-order valence-electron chi connectivity index (χ2n) is 6.14. The summed E-state index contributed by atoms with van der Waals surface area (Å²) in [5, 5.41) is 12.2. The SMILES string of the molecule is CCNC(=NCC(C)c1cccs1)NCCc1csc(C(C)C)n1. The summed E-state index contributed by atoms with van der Waals surface area (Å²) in [6.45, 7) is 11.2. The predicted octanol–water partition coefficient (Wildman–Crippen LogP) is 4.23. The summed E-state index contributed by atoms with van der Waals surface area (Å²) in [4.78, 5) is 10.8. The van der Waals surface area contributed by atoms with E-state index in [9.17, 15) is 0 Å². The van der Waals surface area contributed by atoms with Crippen LogP contribution in [0.4, 0.5) is 0 Å². The molecule has 2 rings (SSSR count). The fraction of sp³-hybridized carbons (Fsp3) is 0.556. The molecular weight excluding hydrogens is 336 g/mol. The minimum atomic E-state index is 0.451. The number of rotatable bonds is 8. The van der Waals surface area contributed by atoms with Gasteiger partial charge in [-0.2, -0.15) is 0 Å². The number of nitrogens with zero attached hydrogens (tertiary/aromatic N) is 2. The Morgan fingerprint density at radius 1 is 1.25 bits per heavy atom. The Labute approximate surface area is 153 Å². The van der Waals surface area contributed by atoms with E-state index in [1.54, 1.807) is 22.7 Å². The smallest absolute Gasteiger partial charge is 0.191 e. The van der Waals surface area contributed by atoms with Crippen LogP contribution in [0.2, 0.25) is 0 Å². The van der Waals surface area contributed by atoms with Crippen molar-refractivity contribution in [2.75, 3.05) is 19.6 Å². The van der Waals surface area contributed by atoms with Gasteiger partial charge >= 0.3 is 0 Å². The zero-order valence-corrected chi connectivity index (χ0v) is 16.6. The minimum Gasteiger partial charge on any atom is -0.357 e. The third kappa shape index (κ3) is 5.91. The van der Waals surface area contributed by atoms with E-state index >= 15 is 0 Å². The van der Waals surface area contributed by atoms with E-state index in [0.29, 0.717) is 11.8 Å². The number of hydrogen-bond acceptors (Lipinski definition) is 4. The number of hydrogen-bond donors (Lipinski definition) is 2. The van der Waals surface area contributed by atoms with Gasteiger partial charge in [-0.15, -0.1) is 22.7 Å². The van der Waals surface area contributed by atoms with Crippen molar-refractivity contribution >= 4 is 28.6 Å². The van der Waals surface area contributed by atoms with Crippen molar-refractivity contribution in [1.29, 1.82) is 0 Å². The lowest BCUT2D eigenvalue weighted by Gasteiger charge is -2.12. The second kappa shape index (κ2) is 9.79. The van der Waals surface area contributed by atoms with Crippen LogP contribution in [0.15, 0.2) is 27.9 Å². The molecule has 0 saturated heterocycles. The fourth-order valence-electron chi connectivity index (χ4n) is 2.24. The monoisotopic (exact) mass is 364 g/mol. The van der Waals surface area contributed by atoms with E-state index < -0.39 is 0 Å². The number of thiophene rings is 1. The van der Waals surface area contributed by atoms with Crippen LogP contribution < -0.4 is 10.6 Å².